The Kier molecular flexibility index (Phi) is 3.08. The van der Waals surface area contributed by atoms with Crippen LogP contribution in [0, 0.1) is 29.1 Å². The van der Waals surface area contributed by atoms with E-state index in [0.29, 0.717) is 24.0 Å². The minimum absolute atomic E-state index is 0.0494. The van der Waals surface area contributed by atoms with Gasteiger partial charge in [-0.25, -0.2) is 0 Å². The molecule has 0 radical (unpaired) electrons. The van der Waals surface area contributed by atoms with E-state index >= 15 is 0 Å². The summed E-state index contributed by atoms with van der Waals surface area (Å²) in [6, 6.07) is 9.20. The van der Waals surface area contributed by atoms with Gasteiger partial charge < -0.3 is 4.74 Å². The van der Waals surface area contributed by atoms with Crippen molar-refractivity contribution in [1.29, 1.82) is 5.26 Å². The van der Waals surface area contributed by atoms with Crippen molar-refractivity contribution in [1.82, 2.24) is 0 Å². The Bertz CT molecular complexity index is 553. The molecule has 3 atom stereocenters. The van der Waals surface area contributed by atoms with Crippen LogP contribution in [0.15, 0.2) is 36.4 Å². The van der Waals surface area contributed by atoms with Gasteiger partial charge in [0, 0.05) is 0 Å². The molecule has 0 aromatic heterocycles. The van der Waals surface area contributed by atoms with Gasteiger partial charge in [0.15, 0.2) is 0 Å². The Morgan fingerprint density at radius 1 is 1.26 bits per heavy atom. The van der Waals surface area contributed by atoms with E-state index in [1.54, 1.807) is 12.1 Å². The van der Waals surface area contributed by atoms with E-state index in [9.17, 15) is 4.79 Å². The molecule has 0 saturated heterocycles. The van der Waals surface area contributed by atoms with E-state index in [4.69, 9.17) is 10.00 Å². The molecule has 0 amide bonds. The molecule has 3 nitrogen and oxygen atoms in total. The van der Waals surface area contributed by atoms with Gasteiger partial charge in [0.05, 0.1) is 17.6 Å². The van der Waals surface area contributed by atoms with E-state index in [0.717, 1.165) is 18.4 Å². The van der Waals surface area contributed by atoms with Crippen LogP contribution in [0.25, 0.3) is 0 Å². The Morgan fingerprint density at radius 2 is 2.05 bits per heavy atom. The number of nitriles is 1. The molecule has 2 aliphatic rings. The first-order chi connectivity index (χ1) is 9.26. The second-order valence-electron chi connectivity index (χ2n) is 5.30. The van der Waals surface area contributed by atoms with E-state index in [-0.39, 0.29) is 11.9 Å². The summed E-state index contributed by atoms with van der Waals surface area (Å²) in [7, 11) is 0. The first-order valence-electron chi connectivity index (χ1n) is 6.60. The van der Waals surface area contributed by atoms with Gasteiger partial charge in [-0.1, -0.05) is 24.3 Å². The quantitative estimate of drug-likeness (QED) is 0.614. The van der Waals surface area contributed by atoms with Crippen LogP contribution in [0.1, 0.15) is 24.0 Å². The standard InChI is InChI=1S/C16H15NO2/c17-9-11-1-3-12(4-2-11)10-19-16(18)15-8-13-5-6-14(15)7-13/h1-6,13-15H,7-8,10H2/t13-,14+,15-/m1/s1. The summed E-state index contributed by atoms with van der Waals surface area (Å²) in [4.78, 5) is 12.0. The number of carbonyl (C=O) groups is 1. The minimum atomic E-state index is -0.0822. The van der Waals surface area contributed by atoms with Crippen molar-refractivity contribution in [3.05, 3.63) is 47.5 Å². The molecule has 96 valence electrons. The Balaban J connectivity index is 1.56. The molecule has 3 heteroatoms. The van der Waals surface area contributed by atoms with Crippen molar-refractivity contribution in [3.8, 4) is 6.07 Å². The summed E-state index contributed by atoms with van der Waals surface area (Å²) in [6.07, 6.45) is 6.42. The number of ether oxygens (including phenoxy) is 1. The predicted octanol–water partition coefficient (Wildman–Crippen LogP) is 2.81. The molecule has 1 fully saturated rings. The lowest BCUT2D eigenvalue weighted by Crippen LogP contribution is -2.21. The molecule has 3 rings (SSSR count). The van der Waals surface area contributed by atoms with Crippen molar-refractivity contribution in [2.75, 3.05) is 0 Å². The summed E-state index contributed by atoms with van der Waals surface area (Å²) < 4.78 is 5.38. The number of fused-ring (bicyclic) bond motifs is 2. The van der Waals surface area contributed by atoms with Crippen LogP contribution in [0.3, 0.4) is 0 Å². The number of esters is 1. The Labute approximate surface area is 112 Å². The maximum Gasteiger partial charge on any atom is 0.309 e. The first kappa shape index (κ1) is 12.0. The second-order valence-corrected chi connectivity index (χ2v) is 5.30. The number of hydrogen-bond acceptors (Lipinski definition) is 3. The van der Waals surface area contributed by atoms with Crippen LogP contribution in [0.2, 0.25) is 0 Å². The third-order valence-corrected chi connectivity index (χ3v) is 4.05. The third-order valence-electron chi connectivity index (χ3n) is 4.05. The minimum Gasteiger partial charge on any atom is -0.461 e. The monoisotopic (exact) mass is 253 g/mol. The van der Waals surface area contributed by atoms with Gasteiger partial charge in [0.1, 0.15) is 6.61 Å². The van der Waals surface area contributed by atoms with Crippen molar-refractivity contribution in [2.24, 2.45) is 17.8 Å². The van der Waals surface area contributed by atoms with E-state index in [2.05, 4.69) is 18.2 Å². The van der Waals surface area contributed by atoms with E-state index in [1.165, 1.54) is 0 Å². The number of allylic oxidation sites excluding steroid dienone is 2. The molecular weight excluding hydrogens is 238 g/mol. The van der Waals surface area contributed by atoms with Gasteiger partial charge in [0.2, 0.25) is 0 Å². The highest BCUT2D eigenvalue weighted by Crippen LogP contribution is 2.43. The summed E-state index contributed by atoms with van der Waals surface area (Å²) in [6.45, 7) is 0.294. The molecule has 1 saturated carbocycles. The average Bonchev–Trinajstić information content (AvgIpc) is 3.08. The van der Waals surface area contributed by atoms with Gasteiger partial charge in [-0.3, -0.25) is 4.79 Å². The van der Waals surface area contributed by atoms with E-state index < -0.39 is 0 Å². The van der Waals surface area contributed by atoms with Gasteiger partial charge >= 0.3 is 5.97 Å². The fraction of sp³-hybridized carbons (Fsp3) is 0.375. The number of rotatable bonds is 3. The number of benzene rings is 1. The predicted molar refractivity (Wildman–Crippen MR) is 69.8 cm³/mol. The number of nitrogens with zero attached hydrogens (tertiary/aromatic N) is 1. The largest absolute Gasteiger partial charge is 0.461 e. The van der Waals surface area contributed by atoms with Crippen molar-refractivity contribution < 1.29 is 9.53 Å². The van der Waals surface area contributed by atoms with Gasteiger partial charge in [-0.15, -0.1) is 0 Å². The lowest BCUT2D eigenvalue weighted by molar-refractivity contribution is -0.150. The SMILES string of the molecule is N#Cc1ccc(COC(=O)[C@@H]2C[C@@H]3C=C[C@H]2C3)cc1. The lowest BCUT2D eigenvalue weighted by Gasteiger charge is -2.16. The fourth-order valence-electron chi connectivity index (χ4n) is 2.99. The Morgan fingerprint density at radius 3 is 2.63 bits per heavy atom. The van der Waals surface area contributed by atoms with Crippen LogP contribution in [-0.4, -0.2) is 5.97 Å². The van der Waals surface area contributed by atoms with Crippen molar-refractivity contribution >= 4 is 5.97 Å². The van der Waals surface area contributed by atoms with Crippen LogP contribution in [-0.2, 0) is 16.1 Å². The van der Waals surface area contributed by atoms with Gasteiger partial charge in [-0.2, -0.15) is 5.26 Å². The molecule has 0 aliphatic heterocycles. The maximum atomic E-state index is 12.0. The molecule has 0 spiro atoms. The summed E-state index contributed by atoms with van der Waals surface area (Å²) in [5, 5.41) is 8.71. The van der Waals surface area contributed by atoms with Crippen molar-refractivity contribution in [3.63, 3.8) is 0 Å². The lowest BCUT2D eigenvalue weighted by atomic mass is 9.94. The number of hydrogen-bond donors (Lipinski definition) is 0. The fourth-order valence-corrected chi connectivity index (χ4v) is 2.99. The third kappa shape index (κ3) is 2.39. The molecule has 0 N–H and O–H groups in total. The Hall–Kier alpha value is -2.08. The highest BCUT2D eigenvalue weighted by Gasteiger charge is 2.40. The zero-order chi connectivity index (χ0) is 13.2. The second kappa shape index (κ2) is 4.89. The zero-order valence-electron chi connectivity index (χ0n) is 10.6. The molecule has 1 aromatic rings. The number of carbonyl (C=O) groups excluding carboxylic acids is 1. The molecule has 2 aliphatic carbocycles. The van der Waals surface area contributed by atoms with Crippen LogP contribution >= 0.6 is 0 Å². The molecule has 1 aromatic carbocycles. The average molecular weight is 253 g/mol. The molecule has 0 unspecified atom stereocenters. The smallest absolute Gasteiger partial charge is 0.309 e. The molecule has 0 heterocycles. The summed E-state index contributed by atoms with van der Waals surface area (Å²) in [5.74, 6) is 0.936. The van der Waals surface area contributed by atoms with Crippen LogP contribution < -0.4 is 0 Å². The van der Waals surface area contributed by atoms with Gasteiger partial charge in [0.25, 0.3) is 0 Å². The highest BCUT2D eigenvalue weighted by atomic mass is 16.5. The van der Waals surface area contributed by atoms with Crippen LogP contribution in [0.4, 0.5) is 0 Å². The normalized spacial score (nSPS) is 27.2. The topological polar surface area (TPSA) is 50.1 Å². The zero-order valence-corrected chi connectivity index (χ0v) is 10.6. The first-order valence-corrected chi connectivity index (χ1v) is 6.60. The van der Waals surface area contributed by atoms with Gasteiger partial charge in [-0.05, 0) is 42.4 Å². The molecule has 2 bridgehead atoms. The van der Waals surface area contributed by atoms with Crippen LogP contribution in [0.5, 0.6) is 0 Å². The molecular formula is C16H15NO2. The van der Waals surface area contributed by atoms with E-state index in [1.807, 2.05) is 12.1 Å². The maximum absolute atomic E-state index is 12.0. The molecule has 19 heavy (non-hydrogen) atoms. The summed E-state index contributed by atoms with van der Waals surface area (Å²) in [5.41, 5.74) is 1.54. The highest BCUT2D eigenvalue weighted by molar-refractivity contribution is 5.74. The summed E-state index contributed by atoms with van der Waals surface area (Å²) >= 11 is 0. The van der Waals surface area contributed by atoms with Crippen molar-refractivity contribution in [2.45, 2.75) is 19.4 Å².